The Bertz CT molecular complexity index is 1230. The van der Waals surface area contributed by atoms with Gasteiger partial charge in [-0.1, -0.05) is 29.3 Å². The van der Waals surface area contributed by atoms with Crippen molar-refractivity contribution in [3.8, 4) is 11.5 Å². The van der Waals surface area contributed by atoms with Crippen molar-refractivity contribution in [2.45, 2.75) is 56.4 Å². The van der Waals surface area contributed by atoms with Crippen LogP contribution < -0.4 is 14.8 Å². The summed E-state index contributed by atoms with van der Waals surface area (Å²) in [5.74, 6) is 1.99. The molecule has 196 valence electrons. The first-order chi connectivity index (χ1) is 17.8. The van der Waals surface area contributed by atoms with Crippen LogP contribution in [0.25, 0.3) is 0 Å². The Morgan fingerprint density at radius 2 is 1.76 bits per heavy atom. The Hall–Kier alpha value is -2.44. The van der Waals surface area contributed by atoms with Gasteiger partial charge in [0.25, 0.3) is 5.91 Å². The Labute approximate surface area is 227 Å². The molecule has 4 fully saturated rings. The first-order valence-electron chi connectivity index (χ1n) is 13.2. The number of methoxy groups -OCH3 is 1. The molecule has 0 aromatic heterocycles. The van der Waals surface area contributed by atoms with E-state index >= 15 is 0 Å². The highest BCUT2D eigenvalue weighted by Crippen LogP contribution is 2.56. The molecule has 0 bridgehead atoms. The number of ether oxygens (including phenoxy) is 2. The van der Waals surface area contributed by atoms with Crippen LogP contribution in [0.15, 0.2) is 36.4 Å². The molecule has 2 aromatic carbocycles. The molecule has 1 saturated heterocycles. The van der Waals surface area contributed by atoms with Gasteiger partial charge in [-0.15, -0.1) is 0 Å². The quantitative estimate of drug-likeness (QED) is 0.469. The monoisotopic (exact) mass is 542 g/mol. The average molecular weight is 543 g/mol. The fraction of sp³-hybridized carbons (Fsp3) is 0.517. The second kappa shape index (κ2) is 9.39. The summed E-state index contributed by atoms with van der Waals surface area (Å²) in [6.07, 6.45) is 6.85. The number of halogens is 2. The van der Waals surface area contributed by atoms with Crippen LogP contribution in [-0.2, 0) is 10.2 Å². The molecule has 2 aromatic rings. The second-order valence-electron chi connectivity index (χ2n) is 11.2. The van der Waals surface area contributed by atoms with Crippen LogP contribution in [0.5, 0.6) is 11.5 Å². The van der Waals surface area contributed by atoms with E-state index in [0.717, 1.165) is 50.8 Å². The van der Waals surface area contributed by atoms with E-state index in [1.807, 2.05) is 17.0 Å². The van der Waals surface area contributed by atoms with Gasteiger partial charge in [-0.05, 0) is 92.2 Å². The minimum atomic E-state index is -0.455. The van der Waals surface area contributed by atoms with Crippen LogP contribution in [0.4, 0.5) is 0 Å². The van der Waals surface area contributed by atoms with Crippen molar-refractivity contribution in [3.63, 3.8) is 0 Å². The number of likely N-dealkylation sites (tertiary alicyclic amines) is 1. The lowest BCUT2D eigenvalue weighted by Crippen LogP contribution is -2.45. The van der Waals surface area contributed by atoms with Gasteiger partial charge in [0.05, 0.1) is 29.2 Å². The van der Waals surface area contributed by atoms with Crippen molar-refractivity contribution in [1.29, 1.82) is 0 Å². The third-order valence-electron chi connectivity index (χ3n) is 8.77. The first kappa shape index (κ1) is 24.9. The highest BCUT2D eigenvalue weighted by atomic mass is 35.5. The van der Waals surface area contributed by atoms with Crippen LogP contribution in [0.3, 0.4) is 0 Å². The summed E-state index contributed by atoms with van der Waals surface area (Å²) < 4.78 is 11.3. The lowest BCUT2D eigenvalue weighted by molar-refractivity contribution is -0.135. The zero-order chi connectivity index (χ0) is 25.8. The number of amides is 2. The van der Waals surface area contributed by atoms with Gasteiger partial charge < -0.3 is 19.7 Å². The fourth-order valence-corrected chi connectivity index (χ4v) is 6.07. The zero-order valence-electron chi connectivity index (χ0n) is 21.0. The summed E-state index contributed by atoms with van der Waals surface area (Å²) in [5.41, 5.74) is 1.18. The largest absolute Gasteiger partial charge is 0.493 e. The smallest absolute Gasteiger partial charge is 0.251 e. The molecule has 1 atom stereocenters. The zero-order valence-corrected chi connectivity index (χ0v) is 22.5. The third kappa shape index (κ3) is 4.79. The molecular weight excluding hydrogens is 511 g/mol. The van der Waals surface area contributed by atoms with Gasteiger partial charge >= 0.3 is 0 Å². The molecule has 6 rings (SSSR count). The van der Waals surface area contributed by atoms with Gasteiger partial charge in [0, 0.05) is 24.7 Å². The summed E-state index contributed by atoms with van der Waals surface area (Å²) in [6, 6.07) is 11.1. The maximum atomic E-state index is 13.5. The molecule has 1 unspecified atom stereocenters. The predicted molar refractivity (Wildman–Crippen MR) is 143 cm³/mol. The number of benzene rings is 2. The highest BCUT2D eigenvalue weighted by Gasteiger charge is 2.58. The van der Waals surface area contributed by atoms with Crippen molar-refractivity contribution in [2.24, 2.45) is 11.3 Å². The number of carbonyl (C=O) groups excluding carboxylic acids is 2. The number of hydrogen-bond acceptors (Lipinski definition) is 4. The van der Waals surface area contributed by atoms with E-state index in [1.165, 1.54) is 12.8 Å². The molecule has 3 saturated carbocycles. The van der Waals surface area contributed by atoms with E-state index in [1.54, 1.807) is 31.4 Å². The van der Waals surface area contributed by atoms with Crippen LogP contribution in [0.2, 0.25) is 10.0 Å². The van der Waals surface area contributed by atoms with Crippen molar-refractivity contribution in [3.05, 3.63) is 57.6 Å². The lowest BCUT2D eigenvalue weighted by atomic mass is 9.89. The molecule has 4 aliphatic rings. The molecule has 1 N–H and O–H groups in total. The van der Waals surface area contributed by atoms with E-state index in [4.69, 9.17) is 32.7 Å². The highest BCUT2D eigenvalue weighted by molar-refractivity contribution is 6.42. The van der Waals surface area contributed by atoms with Crippen molar-refractivity contribution < 1.29 is 19.1 Å². The molecule has 8 heteroatoms. The fourth-order valence-electron chi connectivity index (χ4n) is 5.77. The van der Waals surface area contributed by atoms with Gasteiger partial charge in [-0.2, -0.15) is 0 Å². The SMILES string of the molecule is COc1ccc(C(=O)NC2CC23CCN(C(=O)C2(c4ccc(Cl)c(Cl)c4)CC2)CC3)cc1OCC1CC1. The molecule has 1 heterocycles. The van der Waals surface area contributed by atoms with Crippen LogP contribution in [-0.4, -0.2) is 49.6 Å². The lowest BCUT2D eigenvalue weighted by Gasteiger charge is -2.35. The maximum absolute atomic E-state index is 13.5. The van der Waals surface area contributed by atoms with Crippen LogP contribution >= 0.6 is 23.2 Å². The molecular formula is C29H32Cl2N2O4. The van der Waals surface area contributed by atoms with Crippen LogP contribution in [0, 0.1) is 11.3 Å². The summed E-state index contributed by atoms with van der Waals surface area (Å²) in [4.78, 5) is 28.6. The minimum absolute atomic E-state index is 0.0872. The molecule has 37 heavy (non-hydrogen) atoms. The van der Waals surface area contributed by atoms with E-state index in [9.17, 15) is 9.59 Å². The molecule has 2 amide bonds. The van der Waals surface area contributed by atoms with Crippen LogP contribution in [0.1, 0.15) is 60.9 Å². The number of piperidine rings is 1. The maximum Gasteiger partial charge on any atom is 0.251 e. The van der Waals surface area contributed by atoms with Crippen molar-refractivity contribution in [2.75, 3.05) is 26.8 Å². The predicted octanol–water partition coefficient (Wildman–Crippen LogP) is 5.63. The number of nitrogens with zero attached hydrogens (tertiary/aromatic N) is 1. The van der Waals surface area contributed by atoms with E-state index in [-0.39, 0.29) is 23.3 Å². The van der Waals surface area contributed by atoms with E-state index < -0.39 is 5.41 Å². The third-order valence-corrected chi connectivity index (χ3v) is 9.51. The van der Waals surface area contributed by atoms with Gasteiger partial charge in [-0.3, -0.25) is 9.59 Å². The Morgan fingerprint density at radius 3 is 2.41 bits per heavy atom. The van der Waals surface area contributed by atoms with Gasteiger partial charge in [0.2, 0.25) is 5.91 Å². The van der Waals surface area contributed by atoms with Gasteiger partial charge in [0.1, 0.15) is 0 Å². The summed E-state index contributed by atoms with van der Waals surface area (Å²) >= 11 is 12.3. The molecule has 0 radical (unpaired) electrons. The molecule has 6 nitrogen and oxygen atoms in total. The molecule has 1 spiro atoms. The summed E-state index contributed by atoms with van der Waals surface area (Å²) in [7, 11) is 1.61. The summed E-state index contributed by atoms with van der Waals surface area (Å²) in [5, 5.41) is 4.23. The number of carbonyl (C=O) groups is 2. The van der Waals surface area contributed by atoms with E-state index in [0.29, 0.717) is 39.6 Å². The van der Waals surface area contributed by atoms with Gasteiger partial charge in [-0.25, -0.2) is 0 Å². The van der Waals surface area contributed by atoms with Gasteiger partial charge in [0.15, 0.2) is 11.5 Å². The standard InChI is InChI=1S/C29H32Cl2N2O4/c1-36-23-7-4-19(14-24(23)37-17-18-2-3-18)26(34)32-25-16-28(25)10-12-33(13-11-28)27(35)29(8-9-29)20-5-6-21(30)22(31)15-20/h4-7,14-15,18,25H,2-3,8-13,16-17H2,1H3,(H,32,34). The number of nitrogens with one attached hydrogen (secondary N) is 1. The Kier molecular flexibility index (Phi) is 6.31. The number of hydrogen-bond donors (Lipinski definition) is 1. The molecule has 1 aliphatic heterocycles. The number of rotatable bonds is 8. The average Bonchev–Trinajstić information content (AvgIpc) is 3.79. The first-order valence-corrected chi connectivity index (χ1v) is 14.0. The minimum Gasteiger partial charge on any atom is -0.493 e. The Balaban J connectivity index is 1.05. The molecule has 3 aliphatic carbocycles. The normalized spacial score (nSPS) is 22.9. The topological polar surface area (TPSA) is 67.9 Å². The van der Waals surface area contributed by atoms with E-state index in [2.05, 4.69) is 5.32 Å². The van der Waals surface area contributed by atoms with Crippen molar-refractivity contribution in [1.82, 2.24) is 10.2 Å². The Morgan fingerprint density at radius 1 is 1.00 bits per heavy atom. The summed E-state index contributed by atoms with van der Waals surface area (Å²) in [6.45, 7) is 2.10. The van der Waals surface area contributed by atoms with Crippen molar-refractivity contribution >= 4 is 35.0 Å². The second-order valence-corrected chi connectivity index (χ2v) is 12.0.